The summed E-state index contributed by atoms with van der Waals surface area (Å²) >= 11 is 0. The molecule has 4 amide bonds. The van der Waals surface area contributed by atoms with Gasteiger partial charge in [0.25, 0.3) is 5.91 Å². The number of nitrogens with one attached hydrogen (secondary N) is 4. The number of nitrogens with zero attached hydrogens (tertiary/aromatic N) is 1. The summed E-state index contributed by atoms with van der Waals surface area (Å²) in [6.45, 7) is 2.27. The molecule has 0 saturated carbocycles. The van der Waals surface area contributed by atoms with Crippen LogP contribution in [-0.2, 0) is 19.2 Å². The molecule has 0 aromatic carbocycles. The van der Waals surface area contributed by atoms with Crippen LogP contribution in [0.3, 0.4) is 0 Å². The maximum Gasteiger partial charge on any atom is 0.251 e. The average molecular weight is 349 g/mol. The van der Waals surface area contributed by atoms with Crippen molar-refractivity contribution in [2.45, 2.75) is 19.9 Å². The number of hydrogen-bond donors (Lipinski definition) is 4. The number of amides is 4. The Labute approximate surface area is 143 Å². The van der Waals surface area contributed by atoms with E-state index in [-0.39, 0.29) is 30.4 Å². The molecule has 1 aromatic rings. The molecule has 1 unspecified atom stereocenters. The molecule has 0 fully saturated rings. The van der Waals surface area contributed by atoms with Crippen LogP contribution in [0.5, 0.6) is 0 Å². The molecule has 1 heterocycles. The molecule has 0 spiro atoms. The van der Waals surface area contributed by atoms with Crippen molar-refractivity contribution in [1.29, 1.82) is 0 Å². The number of aromatic nitrogens is 1. The van der Waals surface area contributed by atoms with Crippen LogP contribution in [0.1, 0.15) is 24.2 Å². The van der Waals surface area contributed by atoms with Gasteiger partial charge in [0.05, 0.1) is 13.1 Å². The van der Waals surface area contributed by atoms with Crippen molar-refractivity contribution in [1.82, 2.24) is 20.9 Å². The van der Waals surface area contributed by atoms with Crippen LogP contribution in [0.15, 0.2) is 18.3 Å². The zero-order valence-electron chi connectivity index (χ0n) is 13.8. The highest BCUT2D eigenvalue weighted by Crippen LogP contribution is 2.06. The van der Waals surface area contributed by atoms with Crippen molar-refractivity contribution in [2.75, 3.05) is 18.4 Å². The number of pyridine rings is 1. The number of hydrogen-bond acceptors (Lipinski definition) is 6. The van der Waals surface area contributed by atoms with Gasteiger partial charge in [0.15, 0.2) is 0 Å². The Hall–Kier alpha value is -3.30. The highest BCUT2D eigenvalue weighted by molar-refractivity contribution is 5.98. The van der Waals surface area contributed by atoms with Gasteiger partial charge in [-0.3, -0.25) is 19.2 Å². The van der Waals surface area contributed by atoms with Crippen LogP contribution in [0, 0.1) is 0 Å². The van der Waals surface area contributed by atoms with Crippen molar-refractivity contribution < 1.29 is 24.0 Å². The first kappa shape index (κ1) is 19.7. The van der Waals surface area contributed by atoms with Crippen molar-refractivity contribution >= 4 is 35.7 Å². The minimum Gasteiger partial charge on any atom is -0.348 e. The first-order valence-electron chi connectivity index (χ1n) is 7.36. The van der Waals surface area contributed by atoms with Gasteiger partial charge in [-0.2, -0.15) is 0 Å². The van der Waals surface area contributed by atoms with E-state index in [1.807, 2.05) is 0 Å². The van der Waals surface area contributed by atoms with Gasteiger partial charge < -0.3 is 26.1 Å². The molecule has 1 atom stereocenters. The highest BCUT2D eigenvalue weighted by Gasteiger charge is 2.16. The van der Waals surface area contributed by atoms with Gasteiger partial charge in [-0.25, -0.2) is 4.98 Å². The average Bonchev–Trinajstić information content (AvgIpc) is 2.57. The maximum atomic E-state index is 12.0. The molecule has 0 radical (unpaired) electrons. The zero-order valence-corrected chi connectivity index (χ0v) is 13.8. The zero-order chi connectivity index (χ0) is 18.8. The fourth-order valence-corrected chi connectivity index (χ4v) is 1.74. The Balaban J connectivity index is 2.50. The summed E-state index contributed by atoms with van der Waals surface area (Å²) in [4.78, 5) is 60.3. The van der Waals surface area contributed by atoms with Gasteiger partial charge >= 0.3 is 0 Å². The van der Waals surface area contributed by atoms with E-state index in [1.165, 1.54) is 32.2 Å². The lowest BCUT2D eigenvalue weighted by Gasteiger charge is -2.13. The molecule has 1 rings (SSSR count). The smallest absolute Gasteiger partial charge is 0.251 e. The summed E-state index contributed by atoms with van der Waals surface area (Å²) < 4.78 is 0. The van der Waals surface area contributed by atoms with Gasteiger partial charge in [0, 0.05) is 18.7 Å². The Bertz CT molecular complexity index is 676. The number of aldehydes is 1. The Morgan fingerprint density at radius 2 is 1.96 bits per heavy atom. The van der Waals surface area contributed by atoms with E-state index in [1.54, 1.807) is 0 Å². The molecule has 1 aromatic heterocycles. The number of carbonyl (C=O) groups excluding carboxylic acids is 5. The summed E-state index contributed by atoms with van der Waals surface area (Å²) in [5, 5.41) is 9.51. The highest BCUT2D eigenvalue weighted by atomic mass is 16.2. The van der Waals surface area contributed by atoms with E-state index in [0.29, 0.717) is 6.29 Å². The summed E-state index contributed by atoms with van der Waals surface area (Å²) in [6, 6.07) is 1.94. The second-order valence-electron chi connectivity index (χ2n) is 4.99. The summed E-state index contributed by atoms with van der Waals surface area (Å²) in [5.74, 6) is -1.74. The Morgan fingerprint density at radius 3 is 2.60 bits per heavy atom. The van der Waals surface area contributed by atoms with E-state index in [0.717, 1.165) is 0 Å². The van der Waals surface area contributed by atoms with E-state index in [2.05, 4.69) is 26.3 Å². The van der Waals surface area contributed by atoms with Gasteiger partial charge in [0.2, 0.25) is 17.7 Å². The molecular weight excluding hydrogens is 330 g/mol. The number of carbonyl (C=O) groups is 5. The quantitative estimate of drug-likeness (QED) is 0.424. The third-order valence-corrected chi connectivity index (χ3v) is 2.87. The fourth-order valence-electron chi connectivity index (χ4n) is 1.74. The predicted octanol–water partition coefficient (Wildman–Crippen LogP) is -1.41. The van der Waals surface area contributed by atoms with Gasteiger partial charge in [-0.15, -0.1) is 0 Å². The molecule has 0 aliphatic carbocycles. The minimum atomic E-state index is -0.850. The van der Waals surface area contributed by atoms with Crippen LogP contribution in [0.2, 0.25) is 0 Å². The van der Waals surface area contributed by atoms with E-state index >= 15 is 0 Å². The standard InChI is InChI=1S/C15H19N5O5/c1-9(14(24)17-5-6-21)19-13(23)8-18-15(25)11-3-4-16-12(7-11)20-10(2)22/h3-4,6-7,9H,5,8H2,1-2H3,(H,17,24)(H,18,25)(H,19,23)(H,16,20,22). The molecule has 0 saturated heterocycles. The minimum absolute atomic E-state index is 0.144. The lowest BCUT2D eigenvalue weighted by atomic mass is 10.2. The first-order valence-corrected chi connectivity index (χ1v) is 7.36. The SMILES string of the molecule is CC(=O)Nc1cc(C(=O)NCC(=O)NC(C)C(=O)NCC=O)ccn1. The van der Waals surface area contributed by atoms with Crippen LogP contribution < -0.4 is 21.3 Å². The molecule has 4 N–H and O–H groups in total. The molecular formula is C15H19N5O5. The molecule has 134 valence electrons. The molecule has 25 heavy (non-hydrogen) atoms. The summed E-state index contributed by atoms with van der Waals surface area (Å²) in [5.41, 5.74) is 0.211. The van der Waals surface area contributed by atoms with Crippen molar-refractivity contribution in [3.8, 4) is 0 Å². The van der Waals surface area contributed by atoms with E-state index < -0.39 is 23.8 Å². The Morgan fingerprint density at radius 1 is 1.24 bits per heavy atom. The van der Waals surface area contributed by atoms with E-state index in [4.69, 9.17) is 0 Å². The van der Waals surface area contributed by atoms with Crippen molar-refractivity contribution in [3.63, 3.8) is 0 Å². The van der Waals surface area contributed by atoms with Gasteiger partial charge in [-0.05, 0) is 19.1 Å². The normalized spacial score (nSPS) is 11.0. The van der Waals surface area contributed by atoms with Gasteiger partial charge in [0.1, 0.15) is 18.1 Å². The number of rotatable bonds is 8. The topological polar surface area (TPSA) is 146 Å². The molecule has 0 aliphatic heterocycles. The second-order valence-corrected chi connectivity index (χ2v) is 4.99. The van der Waals surface area contributed by atoms with Crippen molar-refractivity contribution in [3.05, 3.63) is 23.9 Å². The molecule has 0 aliphatic rings. The lowest BCUT2D eigenvalue weighted by Crippen LogP contribution is -2.48. The third-order valence-electron chi connectivity index (χ3n) is 2.87. The Kier molecular flexibility index (Phi) is 7.70. The monoisotopic (exact) mass is 349 g/mol. The maximum absolute atomic E-state index is 12.0. The predicted molar refractivity (Wildman–Crippen MR) is 87.6 cm³/mol. The molecule has 10 heteroatoms. The van der Waals surface area contributed by atoms with Crippen LogP contribution in [-0.4, -0.2) is 54.0 Å². The largest absolute Gasteiger partial charge is 0.348 e. The lowest BCUT2D eigenvalue weighted by molar-refractivity contribution is -0.128. The van der Waals surface area contributed by atoms with E-state index in [9.17, 15) is 24.0 Å². The van der Waals surface area contributed by atoms with Crippen molar-refractivity contribution in [2.24, 2.45) is 0 Å². The second kappa shape index (κ2) is 9.75. The molecule has 0 bridgehead atoms. The van der Waals surface area contributed by atoms with Gasteiger partial charge in [-0.1, -0.05) is 0 Å². The van der Waals surface area contributed by atoms with Crippen LogP contribution >= 0.6 is 0 Å². The van der Waals surface area contributed by atoms with Crippen LogP contribution in [0.25, 0.3) is 0 Å². The first-order chi connectivity index (χ1) is 11.8. The van der Waals surface area contributed by atoms with Crippen LogP contribution in [0.4, 0.5) is 5.82 Å². The summed E-state index contributed by atoms with van der Waals surface area (Å²) in [7, 11) is 0. The number of anilines is 1. The third kappa shape index (κ3) is 7.20. The summed E-state index contributed by atoms with van der Waals surface area (Å²) in [6.07, 6.45) is 1.87. The fraction of sp³-hybridized carbons (Fsp3) is 0.333. The molecule has 10 nitrogen and oxygen atoms in total.